The average molecular weight is 279 g/mol. The molecule has 5 heteroatoms. The van der Waals surface area contributed by atoms with E-state index in [9.17, 15) is 4.79 Å². The molecule has 1 amide bonds. The van der Waals surface area contributed by atoms with Crippen LogP contribution in [0.25, 0.3) is 0 Å². The maximum Gasteiger partial charge on any atom is 0.251 e. The van der Waals surface area contributed by atoms with Crippen LogP contribution in [0.4, 0.5) is 5.69 Å². The molecule has 2 aromatic rings. The number of amides is 1. The molecular formula is C14H15ClN2O2. The number of hydrogen-bond acceptors (Lipinski definition) is 3. The molecule has 0 aliphatic rings. The number of benzene rings is 1. The summed E-state index contributed by atoms with van der Waals surface area (Å²) in [6.45, 7) is 3.71. The van der Waals surface area contributed by atoms with Gasteiger partial charge in [-0.1, -0.05) is 11.6 Å². The first-order valence-electron chi connectivity index (χ1n) is 5.89. The van der Waals surface area contributed by atoms with Gasteiger partial charge in [-0.2, -0.15) is 0 Å². The number of furan rings is 1. The molecule has 0 fully saturated rings. The number of carbonyl (C=O) groups is 1. The molecule has 0 aliphatic carbocycles. The Morgan fingerprint density at radius 2 is 2.11 bits per heavy atom. The summed E-state index contributed by atoms with van der Waals surface area (Å²) in [7, 11) is 0. The van der Waals surface area contributed by atoms with E-state index in [-0.39, 0.29) is 11.9 Å². The monoisotopic (exact) mass is 278 g/mol. The predicted molar refractivity (Wildman–Crippen MR) is 75.2 cm³/mol. The Hall–Kier alpha value is -1.94. The normalized spacial score (nSPS) is 12.2. The second-order valence-corrected chi connectivity index (χ2v) is 4.85. The van der Waals surface area contributed by atoms with E-state index in [0.29, 0.717) is 22.0 Å². The highest BCUT2D eigenvalue weighted by atomic mass is 35.5. The summed E-state index contributed by atoms with van der Waals surface area (Å²) in [5, 5.41) is 3.27. The first-order valence-corrected chi connectivity index (χ1v) is 6.27. The molecule has 3 N–H and O–H groups in total. The van der Waals surface area contributed by atoms with E-state index in [1.165, 1.54) is 0 Å². The lowest BCUT2D eigenvalue weighted by Crippen LogP contribution is -2.26. The molecule has 4 nitrogen and oxygen atoms in total. The van der Waals surface area contributed by atoms with Crippen molar-refractivity contribution in [2.45, 2.75) is 19.9 Å². The topological polar surface area (TPSA) is 68.3 Å². The number of nitrogens with one attached hydrogen (secondary N) is 1. The molecule has 1 aromatic carbocycles. The maximum absolute atomic E-state index is 12.1. The van der Waals surface area contributed by atoms with Gasteiger partial charge in [-0.05, 0) is 44.2 Å². The Bertz CT molecular complexity index is 587. The Kier molecular flexibility index (Phi) is 3.81. The number of nitrogens with two attached hydrogens (primary N) is 1. The smallest absolute Gasteiger partial charge is 0.251 e. The lowest BCUT2D eigenvalue weighted by molar-refractivity contribution is 0.0935. The van der Waals surface area contributed by atoms with Gasteiger partial charge in [-0.25, -0.2) is 0 Å². The zero-order valence-electron chi connectivity index (χ0n) is 10.7. The second kappa shape index (κ2) is 5.36. The zero-order valence-corrected chi connectivity index (χ0v) is 11.5. The number of aryl methyl sites for hydroxylation is 1. The fourth-order valence-corrected chi connectivity index (χ4v) is 2.02. The van der Waals surface area contributed by atoms with E-state index in [1.807, 2.05) is 26.0 Å². The van der Waals surface area contributed by atoms with Crippen LogP contribution in [0.5, 0.6) is 0 Å². The molecule has 19 heavy (non-hydrogen) atoms. The van der Waals surface area contributed by atoms with Crippen molar-refractivity contribution >= 4 is 23.2 Å². The average Bonchev–Trinajstić information content (AvgIpc) is 2.74. The third-order valence-corrected chi connectivity index (χ3v) is 2.94. The first-order chi connectivity index (χ1) is 8.95. The summed E-state index contributed by atoms with van der Waals surface area (Å²) < 4.78 is 5.46. The van der Waals surface area contributed by atoms with E-state index in [2.05, 4.69) is 5.32 Å². The molecule has 0 aliphatic heterocycles. The number of hydrogen-bond donors (Lipinski definition) is 2. The summed E-state index contributed by atoms with van der Waals surface area (Å²) >= 11 is 5.87. The van der Waals surface area contributed by atoms with Gasteiger partial charge in [0.15, 0.2) is 0 Å². The van der Waals surface area contributed by atoms with Gasteiger partial charge in [0.05, 0.1) is 6.04 Å². The molecule has 100 valence electrons. The van der Waals surface area contributed by atoms with Crippen LogP contribution in [-0.4, -0.2) is 5.91 Å². The summed E-state index contributed by atoms with van der Waals surface area (Å²) in [5.74, 6) is 1.28. The van der Waals surface area contributed by atoms with E-state index in [4.69, 9.17) is 21.8 Å². The molecule has 2 rings (SSSR count). The molecule has 0 saturated heterocycles. The van der Waals surface area contributed by atoms with Crippen molar-refractivity contribution in [1.82, 2.24) is 5.32 Å². The number of halogens is 1. The van der Waals surface area contributed by atoms with Gasteiger partial charge in [0.1, 0.15) is 11.5 Å². The van der Waals surface area contributed by atoms with Crippen LogP contribution in [0.2, 0.25) is 5.02 Å². The Morgan fingerprint density at radius 3 is 2.68 bits per heavy atom. The number of carbonyl (C=O) groups excluding carboxylic acids is 1. The highest BCUT2D eigenvalue weighted by molar-refractivity contribution is 6.31. The largest absolute Gasteiger partial charge is 0.464 e. The van der Waals surface area contributed by atoms with Crippen molar-refractivity contribution in [3.63, 3.8) is 0 Å². The predicted octanol–water partition coefficient (Wildman–Crippen LogP) is 3.31. The van der Waals surface area contributed by atoms with Crippen molar-refractivity contribution < 1.29 is 9.21 Å². The summed E-state index contributed by atoms with van der Waals surface area (Å²) in [6, 6.07) is 8.23. The molecule has 1 atom stereocenters. The zero-order chi connectivity index (χ0) is 14.0. The Morgan fingerprint density at radius 1 is 1.37 bits per heavy atom. The molecule has 0 saturated carbocycles. The van der Waals surface area contributed by atoms with Crippen molar-refractivity contribution in [3.8, 4) is 0 Å². The fourth-order valence-electron chi connectivity index (χ4n) is 1.78. The highest BCUT2D eigenvalue weighted by Gasteiger charge is 2.14. The first kappa shape index (κ1) is 13.5. The van der Waals surface area contributed by atoms with Gasteiger partial charge >= 0.3 is 0 Å². The van der Waals surface area contributed by atoms with E-state index in [1.54, 1.807) is 18.2 Å². The minimum atomic E-state index is -0.240. The van der Waals surface area contributed by atoms with Gasteiger partial charge in [0.2, 0.25) is 0 Å². The van der Waals surface area contributed by atoms with Crippen molar-refractivity contribution in [2.75, 3.05) is 5.73 Å². The summed E-state index contributed by atoms with van der Waals surface area (Å²) in [6.07, 6.45) is 0. The molecular weight excluding hydrogens is 264 g/mol. The lowest BCUT2D eigenvalue weighted by Gasteiger charge is -2.12. The van der Waals surface area contributed by atoms with E-state index in [0.717, 1.165) is 5.76 Å². The molecule has 0 bridgehead atoms. The summed E-state index contributed by atoms with van der Waals surface area (Å²) in [4.78, 5) is 12.1. The molecule has 1 heterocycles. The van der Waals surface area contributed by atoms with Crippen LogP contribution >= 0.6 is 11.6 Å². The quantitative estimate of drug-likeness (QED) is 0.846. The third-order valence-electron chi connectivity index (χ3n) is 2.72. The standard InChI is InChI=1S/C14H15ClN2O2/c1-8-3-4-13(19-8)9(2)17-14(18)10-5-11(15)7-12(16)6-10/h3-7,9H,16H2,1-2H3,(H,17,18). The van der Waals surface area contributed by atoms with Crippen molar-refractivity contribution in [1.29, 1.82) is 0 Å². The van der Waals surface area contributed by atoms with Gasteiger partial charge in [-0.15, -0.1) is 0 Å². The maximum atomic E-state index is 12.1. The van der Waals surface area contributed by atoms with Crippen molar-refractivity contribution in [2.24, 2.45) is 0 Å². The molecule has 0 spiro atoms. The lowest BCUT2D eigenvalue weighted by atomic mass is 10.1. The van der Waals surface area contributed by atoms with Crippen LogP contribution < -0.4 is 11.1 Å². The molecule has 0 radical (unpaired) electrons. The van der Waals surface area contributed by atoms with Gasteiger partial charge in [0, 0.05) is 16.3 Å². The molecule has 1 aromatic heterocycles. The SMILES string of the molecule is Cc1ccc(C(C)NC(=O)c2cc(N)cc(Cl)c2)o1. The Balaban J connectivity index is 2.12. The highest BCUT2D eigenvalue weighted by Crippen LogP contribution is 2.19. The van der Waals surface area contributed by atoms with Crippen molar-refractivity contribution in [3.05, 3.63) is 52.4 Å². The number of nitrogen functional groups attached to an aromatic ring is 1. The summed E-state index contributed by atoms with van der Waals surface area (Å²) in [5.41, 5.74) is 6.55. The molecule has 1 unspecified atom stereocenters. The minimum absolute atomic E-state index is 0.221. The second-order valence-electron chi connectivity index (χ2n) is 4.42. The van der Waals surface area contributed by atoms with Crippen LogP contribution in [0.15, 0.2) is 34.7 Å². The van der Waals surface area contributed by atoms with E-state index < -0.39 is 0 Å². The van der Waals surface area contributed by atoms with Gasteiger partial charge < -0.3 is 15.5 Å². The fraction of sp³-hybridized carbons (Fsp3) is 0.214. The van der Waals surface area contributed by atoms with E-state index >= 15 is 0 Å². The third kappa shape index (κ3) is 3.29. The Labute approximate surface area is 116 Å². The number of rotatable bonds is 3. The van der Waals surface area contributed by atoms with Gasteiger partial charge in [-0.3, -0.25) is 4.79 Å². The van der Waals surface area contributed by atoms with Crippen LogP contribution in [0, 0.1) is 6.92 Å². The van der Waals surface area contributed by atoms with Crippen LogP contribution in [0.1, 0.15) is 34.8 Å². The van der Waals surface area contributed by atoms with Crippen LogP contribution in [-0.2, 0) is 0 Å². The van der Waals surface area contributed by atoms with Crippen LogP contribution in [0.3, 0.4) is 0 Å². The van der Waals surface area contributed by atoms with Gasteiger partial charge in [0.25, 0.3) is 5.91 Å². The minimum Gasteiger partial charge on any atom is -0.464 e. The number of anilines is 1.